The normalized spacial score (nSPS) is 40.6. The quantitative estimate of drug-likeness (QED) is 0.745. The molecule has 4 bridgehead atoms. The number of primary amides is 1. The van der Waals surface area contributed by atoms with Crippen LogP contribution >= 0.6 is 0 Å². The van der Waals surface area contributed by atoms with Crippen LogP contribution in [0.4, 0.5) is 0 Å². The summed E-state index contributed by atoms with van der Waals surface area (Å²) in [4.78, 5) is 12.2. The highest BCUT2D eigenvalue weighted by Gasteiger charge is 2.62. The van der Waals surface area contributed by atoms with Crippen LogP contribution in [0.1, 0.15) is 51.4 Å². The number of nitrogens with two attached hydrogens (primary N) is 1. The van der Waals surface area contributed by atoms with E-state index < -0.39 is 0 Å². The summed E-state index contributed by atoms with van der Waals surface area (Å²) < 4.78 is 12.7. The topological polar surface area (TPSA) is 61.6 Å². The number of likely N-dealkylation sites (tertiary alicyclic amines) is 1. The van der Waals surface area contributed by atoms with Crippen molar-refractivity contribution in [2.75, 3.05) is 26.7 Å². The molecule has 0 unspecified atom stereocenters. The lowest BCUT2D eigenvalue weighted by Crippen LogP contribution is -2.74. The molecule has 0 atom stereocenters. The summed E-state index contributed by atoms with van der Waals surface area (Å²) in [7, 11) is 1.69. The zero-order valence-corrected chi connectivity index (χ0v) is 17.6. The first-order valence-electron chi connectivity index (χ1n) is 11.4. The third-order valence-electron chi connectivity index (χ3n) is 8.59. The number of nitrogens with zero attached hydrogens (tertiary/aromatic N) is 1. The fourth-order valence-corrected chi connectivity index (χ4v) is 7.80. The van der Waals surface area contributed by atoms with Crippen LogP contribution in [-0.2, 0) is 4.79 Å². The molecule has 1 saturated heterocycles. The van der Waals surface area contributed by atoms with Gasteiger partial charge in [-0.15, -0.1) is 0 Å². The molecule has 158 valence electrons. The van der Waals surface area contributed by atoms with Crippen LogP contribution < -0.4 is 15.2 Å². The lowest BCUT2D eigenvalue weighted by Gasteiger charge is -2.65. The van der Waals surface area contributed by atoms with Crippen molar-refractivity contribution in [1.29, 1.82) is 0 Å². The number of ether oxygens (including phenoxy) is 2. The molecule has 5 heteroatoms. The van der Waals surface area contributed by atoms with E-state index in [1.807, 2.05) is 24.3 Å². The number of carbonyl (C=O) groups is 1. The van der Waals surface area contributed by atoms with E-state index in [0.29, 0.717) is 12.1 Å². The van der Waals surface area contributed by atoms with E-state index in [1.165, 1.54) is 38.5 Å². The predicted octanol–water partition coefficient (Wildman–Crippen LogP) is 3.51. The Labute approximate surface area is 174 Å². The zero-order chi connectivity index (χ0) is 20.1. The highest BCUT2D eigenvalue weighted by atomic mass is 16.5. The molecular formula is C24H35N2O3+. The summed E-state index contributed by atoms with van der Waals surface area (Å²) in [6, 6.07) is 7.89. The molecule has 5 nitrogen and oxygen atoms in total. The highest BCUT2D eigenvalue weighted by Crippen LogP contribution is 2.60. The van der Waals surface area contributed by atoms with E-state index in [0.717, 1.165) is 59.7 Å². The zero-order valence-electron chi connectivity index (χ0n) is 17.6. The molecule has 1 aliphatic heterocycles. The molecule has 1 amide bonds. The number of benzene rings is 1. The van der Waals surface area contributed by atoms with Gasteiger partial charge in [-0.3, -0.25) is 4.79 Å². The minimum atomic E-state index is -0.134. The lowest BCUT2D eigenvalue weighted by atomic mass is 9.51. The highest BCUT2D eigenvalue weighted by molar-refractivity contribution is 5.75. The van der Waals surface area contributed by atoms with Gasteiger partial charge in [-0.1, -0.05) is 12.1 Å². The first kappa shape index (κ1) is 19.2. The molecule has 4 saturated carbocycles. The van der Waals surface area contributed by atoms with Gasteiger partial charge in [0.05, 0.1) is 20.2 Å². The average molecular weight is 400 g/mol. The van der Waals surface area contributed by atoms with Gasteiger partial charge >= 0.3 is 0 Å². The van der Waals surface area contributed by atoms with Gasteiger partial charge in [0.2, 0.25) is 0 Å². The molecule has 29 heavy (non-hydrogen) atoms. The number of carbonyl (C=O) groups excluding carboxylic acids is 1. The van der Waals surface area contributed by atoms with E-state index in [2.05, 4.69) is 0 Å². The number of para-hydroxylation sites is 2. The number of quaternary nitrogens is 1. The molecule has 5 aliphatic rings. The van der Waals surface area contributed by atoms with Crippen LogP contribution in [0.25, 0.3) is 0 Å². The number of hydrogen-bond donors (Lipinski definition) is 1. The second-order valence-electron chi connectivity index (χ2n) is 10.3. The fraction of sp³-hybridized carbons (Fsp3) is 0.708. The van der Waals surface area contributed by atoms with Crippen LogP contribution in [0.2, 0.25) is 0 Å². The maximum absolute atomic E-state index is 12.2. The molecule has 5 fully saturated rings. The Bertz CT molecular complexity index is 734. The maximum Gasteiger partial charge on any atom is 0.272 e. The molecule has 4 aliphatic carbocycles. The van der Waals surface area contributed by atoms with Crippen LogP contribution in [-0.4, -0.2) is 48.8 Å². The van der Waals surface area contributed by atoms with Crippen LogP contribution in [0.15, 0.2) is 24.3 Å². The summed E-state index contributed by atoms with van der Waals surface area (Å²) in [5, 5.41) is 0. The number of rotatable bonds is 6. The predicted molar refractivity (Wildman–Crippen MR) is 112 cm³/mol. The van der Waals surface area contributed by atoms with Crippen LogP contribution in [0.3, 0.4) is 0 Å². The molecule has 1 aromatic rings. The smallest absolute Gasteiger partial charge is 0.272 e. The van der Waals surface area contributed by atoms with E-state index >= 15 is 0 Å². The van der Waals surface area contributed by atoms with Crippen molar-refractivity contribution in [1.82, 2.24) is 0 Å². The Morgan fingerprint density at radius 1 is 1.03 bits per heavy atom. The van der Waals surface area contributed by atoms with Gasteiger partial charge in [-0.25, -0.2) is 0 Å². The number of piperidine rings is 1. The van der Waals surface area contributed by atoms with Gasteiger partial charge < -0.3 is 19.7 Å². The Morgan fingerprint density at radius 3 is 2.10 bits per heavy atom. The summed E-state index contributed by atoms with van der Waals surface area (Å²) in [6.07, 6.45) is 10.3. The van der Waals surface area contributed by atoms with Crippen LogP contribution in [0.5, 0.6) is 11.5 Å². The van der Waals surface area contributed by atoms with Gasteiger partial charge in [0, 0.05) is 32.1 Å². The van der Waals surface area contributed by atoms with Gasteiger partial charge in [0.25, 0.3) is 5.91 Å². The van der Waals surface area contributed by atoms with E-state index in [4.69, 9.17) is 15.2 Å². The molecule has 2 N–H and O–H groups in total. The van der Waals surface area contributed by atoms with Crippen molar-refractivity contribution in [3.05, 3.63) is 24.3 Å². The molecule has 0 aromatic heterocycles. The Hall–Kier alpha value is -1.75. The molecule has 1 aromatic carbocycles. The molecule has 0 radical (unpaired) electrons. The van der Waals surface area contributed by atoms with Gasteiger partial charge in [-0.05, 0) is 49.1 Å². The molecule has 0 spiro atoms. The second kappa shape index (κ2) is 7.19. The standard InChI is InChI=1S/C24H34N2O3/c1-28-21-4-2-3-5-22(21)29-20-6-8-26(9-7-20,16-23(25)27)24-13-17-10-18(14-24)12-19(11-17)15-24/h2-5,17-20H,6-16H2,1H3,(H-,25,27)/p+1. The number of methoxy groups -OCH3 is 1. The van der Waals surface area contributed by atoms with Gasteiger partial charge in [0.15, 0.2) is 18.0 Å². The average Bonchev–Trinajstić information content (AvgIpc) is 2.68. The maximum atomic E-state index is 12.2. The lowest BCUT2D eigenvalue weighted by molar-refractivity contribution is -0.979. The van der Waals surface area contributed by atoms with E-state index in [9.17, 15) is 4.79 Å². The molecule has 1 heterocycles. The van der Waals surface area contributed by atoms with Crippen molar-refractivity contribution in [2.45, 2.75) is 63.0 Å². The summed E-state index contributed by atoms with van der Waals surface area (Å²) in [5.74, 6) is 4.12. The summed E-state index contributed by atoms with van der Waals surface area (Å²) in [5.41, 5.74) is 6.11. The van der Waals surface area contributed by atoms with Crippen molar-refractivity contribution in [3.63, 3.8) is 0 Å². The SMILES string of the molecule is COc1ccccc1OC1CC[N+](CC(N)=O)(C23CC4CC(CC(C4)C2)C3)CC1. The molecular weight excluding hydrogens is 364 g/mol. The minimum absolute atomic E-state index is 0.134. The second-order valence-corrected chi connectivity index (χ2v) is 10.3. The van der Waals surface area contributed by atoms with Crippen molar-refractivity contribution in [3.8, 4) is 11.5 Å². The third-order valence-corrected chi connectivity index (χ3v) is 8.59. The van der Waals surface area contributed by atoms with Gasteiger partial charge in [0.1, 0.15) is 11.6 Å². The summed E-state index contributed by atoms with van der Waals surface area (Å²) >= 11 is 0. The van der Waals surface area contributed by atoms with E-state index in [-0.39, 0.29) is 12.0 Å². The summed E-state index contributed by atoms with van der Waals surface area (Å²) in [6.45, 7) is 2.53. The minimum Gasteiger partial charge on any atom is -0.493 e. The van der Waals surface area contributed by atoms with Crippen molar-refractivity contribution in [2.24, 2.45) is 23.5 Å². The largest absolute Gasteiger partial charge is 0.493 e. The third kappa shape index (κ3) is 3.31. The Kier molecular flexibility index (Phi) is 4.77. The fourth-order valence-electron chi connectivity index (χ4n) is 7.80. The monoisotopic (exact) mass is 399 g/mol. The Balaban J connectivity index is 1.35. The number of hydrogen-bond acceptors (Lipinski definition) is 3. The first-order chi connectivity index (χ1) is 14.0. The van der Waals surface area contributed by atoms with Crippen LogP contribution in [0, 0.1) is 17.8 Å². The Morgan fingerprint density at radius 2 is 1.59 bits per heavy atom. The van der Waals surface area contributed by atoms with E-state index in [1.54, 1.807) is 7.11 Å². The van der Waals surface area contributed by atoms with Crippen molar-refractivity contribution >= 4 is 5.91 Å². The molecule has 6 rings (SSSR count). The van der Waals surface area contributed by atoms with Crippen molar-refractivity contribution < 1.29 is 18.8 Å². The first-order valence-corrected chi connectivity index (χ1v) is 11.4. The number of amides is 1. The van der Waals surface area contributed by atoms with Gasteiger partial charge in [-0.2, -0.15) is 0 Å².